The molecule has 1 heterocycles. The van der Waals surface area contributed by atoms with Crippen molar-refractivity contribution in [3.8, 4) is 0 Å². The van der Waals surface area contributed by atoms with Gasteiger partial charge in [-0.1, -0.05) is 26.0 Å². The van der Waals surface area contributed by atoms with Gasteiger partial charge in [0.05, 0.1) is 16.6 Å². The fourth-order valence-electron chi connectivity index (χ4n) is 2.45. The van der Waals surface area contributed by atoms with E-state index in [4.69, 9.17) is 4.74 Å². The SMILES string of the molecule is CC(C)c1ccc(NC(=O)COC(=O)c2ccc3nccnc3c2)cc1. The van der Waals surface area contributed by atoms with Gasteiger partial charge in [-0.15, -0.1) is 0 Å². The largest absolute Gasteiger partial charge is 0.452 e. The van der Waals surface area contributed by atoms with Crippen LogP contribution in [0.25, 0.3) is 11.0 Å². The Kier molecular flexibility index (Phi) is 5.22. The molecule has 0 aliphatic carbocycles. The third kappa shape index (κ3) is 4.22. The van der Waals surface area contributed by atoms with Gasteiger partial charge in [0.1, 0.15) is 0 Å². The molecule has 1 aromatic heterocycles. The number of hydrogen-bond acceptors (Lipinski definition) is 5. The monoisotopic (exact) mass is 349 g/mol. The molecule has 0 aliphatic heterocycles. The molecule has 132 valence electrons. The average molecular weight is 349 g/mol. The van der Waals surface area contributed by atoms with E-state index in [1.807, 2.05) is 24.3 Å². The first-order valence-corrected chi connectivity index (χ1v) is 8.30. The Bertz CT molecular complexity index is 936. The smallest absolute Gasteiger partial charge is 0.338 e. The van der Waals surface area contributed by atoms with E-state index in [0.29, 0.717) is 28.2 Å². The standard InChI is InChI=1S/C20H19N3O3/c1-13(2)14-3-6-16(7-4-14)23-19(24)12-26-20(25)15-5-8-17-18(11-15)22-10-9-21-17/h3-11,13H,12H2,1-2H3,(H,23,24). The molecule has 0 fully saturated rings. The van der Waals surface area contributed by atoms with Crippen molar-refractivity contribution < 1.29 is 14.3 Å². The van der Waals surface area contributed by atoms with Crippen LogP contribution in [0.3, 0.4) is 0 Å². The number of fused-ring (bicyclic) bond motifs is 1. The van der Waals surface area contributed by atoms with E-state index in [1.165, 1.54) is 5.56 Å². The van der Waals surface area contributed by atoms with Gasteiger partial charge >= 0.3 is 5.97 Å². The van der Waals surface area contributed by atoms with Crippen molar-refractivity contribution in [2.75, 3.05) is 11.9 Å². The zero-order valence-corrected chi connectivity index (χ0v) is 14.6. The van der Waals surface area contributed by atoms with Gasteiger partial charge in [0, 0.05) is 18.1 Å². The molecule has 6 nitrogen and oxygen atoms in total. The van der Waals surface area contributed by atoms with Crippen molar-refractivity contribution in [3.05, 3.63) is 66.0 Å². The molecule has 1 N–H and O–H groups in total. The maximum Gasteiger partial charge on any atom is 0.338 e. The summed E-state index contributed by atoms with van der Waals surface area (Å²) in [7, 11) is 0. The van der Waals surface area contributed by atoms with E-state index in [9.17, 15) is 9.59 Å². The summed E-state index contributed by atoms with van der Waals surface area (Å²) in [6.07, 6.45) is 3.13. The first-order chi connectivity index (χ1) is 12.5. The van der Waals surface area contributed by atoms with Crippen LogP contribution in [-0.2, 0) is 9.53 Å². The fraction of sp³-hybridized carbons (Fsp3) is 0.200. The van der Waals surface area contributed by atoms with Crippen molar-refractivity contribution in [2.45, 2.75) is 19.8 Å². The number of hydrogen-bond donors (Lipinski definition) is 1. The van der Waals surface area contributed by atoms with Crippen LogP contribution < -0.4 is 5.32 Å². The van der Waals surface area contributed by atoms with E-state index in [1.54, 1.807) is 30.6 Å². The van der Waals surface area contributed by atoms with Gasteiger partial charge in [0.2, 0.25) is 0 Å². The molecule has 1 amide bonds. The Morgan fingerprint density at radius 3 is 2.38 bits per heavy atom. The minimum atomic E-state index is -0.581. The molecule has 6 heteroatoms. The van der Waals surface area contributed by atoms with E-state index >= 15 is 0 Å². The highest BCUT2D eigenvalue weighted by molar-refractivity contribution is 5.97. The highest BCUT2D eigenvalue weighted by Crippen LogP contribution is 2.17. The molecule has 0 saturated carbocycles. The summed E-state index contributed by atoms with van der Waals surface area (Å²) < 4.78 is 5.07. The molecule has 3 aromatic rings. The number of esters is 1. The molecule has 2 aromatic carbocycles. The summed E-state index contributed by atoms with van der Waals surface area (Å²) >= 11 is 0. The lowest BCUT2D eigenvalue weighted by molar-refractivity contribution is -0.119. The second-order valence-electron chi connectivity index (χ2n) is 6.16. The molecule has 0 atom stereocenters. The van der Waals surface area contributed by atoms with Crippen molar-refractivity contribution in [3.63, 3.8) is 0 Å². The van der Waals surface area contributed by atoms with E-state index in [-0.39, 0.29) is 6.61 Å². The number of nitrogens with zero attached hydrogens (tertiary/aromatic N) is 2. The third-order valence-electron chi connectivity index (χ3n) is 3.90. The van der Waals surface area contributed by atoms with Crippen LogP contribution in [0.4, 0.5) is 5.69 Å². The van der Waals surface area contributed by atoms with Crippen LogP contribution in [0, 0.1) is 0 Å². The topological polar surface area (TPSA) is 81.2 Å². The Labute approximate surface area is 151 Å². The number of amides is 1. The molecule has 0 spiro atoms. The third-order valence-corrected chi connectivity index (χ3v) is 3.90. The van der Waals surface area contributed by atoms with Crippen LogP contribution in [0.5, 0.6) is 0 Å². The Morgan fingerprint density at radius 1 is 1.00 bits per heavy atom. The van der Waals surface area contributed by atoms with Crippen LogP contribution in [0.15, 0.2) is 54.9 Å². The van der Waals surface area contributed by atoms with Crippen molar-refractivity contribution in [2.24, 2.45) is 0 Å². The fourth-order valence-corrected chi connectivity index (χ4v) is 2.45. The van der Waals surface area contributed by atoms with E-state index in [0.717, 1.165) is 0 Å². The molecule has 0 radical (unpaired) electrons. The van der Waals surface area contributed by atoms with Crippen molar-refractivity contribution >= 4 is 28.6 Å². The molecule has 0 saturated heterocycles. The average Bonchev–Trinajstić information content (AvgIpc) is 2.66. The lowest BCUT2D eigenvalue weighted by Crippen LogP contribution is -2.21. The summed E-state index contributed by atoms with van der Waals surface area (Å²) in [4.78, 5) is 32.4. The number of nitrogens with one attached hydrogen (secondary N) is 1. The Balaban J connectivity index is 1.57. The number of aromatic nitrogens is 2. The Hall–Kier alpha value is -3.28. The molecule has 0 bridgehead atoms. The van der Waals surface area contributed by atoms with Crippen LogP contribution in [0.1, 0.15) is 35.7 Å². The number of anilines is 1. The second kappa shape index (κ2) is 7.74. The number of benzene rings is 2. The molecule has 26 heavy (non-hydrogen) atoms. The minimum Gasteiger partial charge on any atom is -0.452 e. The highest BCUT2D eigenvalue weighted by Gasteiger charge is 2.12. The van der Waals surface area contributed by atoms with E-state index < -0.39 is 11.9 Å². The van der Waals surface area contributed by atoms with Crippen LogP contribution >= 0.6 is 0 Å². The summed E-state index contributed by atoms with van der Waals surface area (Å²) in [5, 5.41) is 2.71. The van der Waals surface area contributed by atoms with Gasteiger partial charge in [0.25, 0.3) is 5.91 Å². The van der Waals surface area contributed by atoms with Gasteiger partial charge in [-0.2, -0.15) is 0 Å². The first kappa shape index (κ1) is 17.5. The maximum absolute atomic E-state index is 12.1. The Morgan fingerprint density at radius 2 is 1.69 bits per heavy atom. The molecule has 0 unspecified atom stereocenters. The van der Waals surface area contributed by atoms with Gasteiger partial charge in [-0.05, 0) is 41.8 Å². The predicted molar refractivity (Wildman–Crippen MR) is 99.0 cm³/mol. The zero-order valence-electron chi connectivity index (χ0n) is 14.6. The van der Waals surface area contributed by atoms with Crippen molar-refractivity contribution in [1.29, 1.82) is 0 Å². The highest BCUT2D eigenvalue weighted by atomic mass is 16.5. The van der Waals surface area contributed by atoms with E-state index in [2.05, 4.69) is 29.1 Å². The quantitative estimate of drug-likeness (QED) is 0.713. The molecule has 3 rings (SSSR count). The summed E-state index contributed by atoms with van der Waals surface area (Å²) in [6.45, 7) is 3.85. The zero-order chi connectivity index (χ0) is 18.5. The lowest BCUT2D eigenvalue weighted by atomic mass is 10.0. The maximum atomic E-state index is 12.1. The van der Waals surface area contributed by atoms with Gasteiger partial charge in [-0.25, -0.2) is 4.79 Å². The molecular formula is C20H19N3O3. The number of carbonyl (C=O) groups is 2. The first-order valence-electron chi connectivity index (χ1n) is 8.30. The van der Waals surface area contributed by atoms with Gasteiger partial charge < -0.3 is 10.1 Å². The predicted octanol–water partition coefficient (Wildman–Crippen LogP) is 3.55. The summed E-state index contributed by atoms with van der Waals surface area (Å²) in [5.74, 6) is -0.550. The number of carbonyl (C=O) groups excluding carboxylic acids is 2. The summed E-state index contributed by atoms with van der Waals surface area (Å²) in [5.41, 5.74) is 3.46. The van der Waals surface area contributed by atoms with Gasteiger partial charge in [0.15, 0.2) is 6.61 Å². The number of rotatable bonds is 5. The normalized spacial score (nSPS) is 10.7. The van der Waals surface area contributed by atoms with Gasteiger partial charge in [-0.3, -0.25) is 14.8 Å². The molecule has 0 aliphatic rings. The van der Waals surface area contributed by atoms with Crippen LogP contribution in [-0.4, -0.2) is 28.5 Å². The minimum absolute atomic E-state index is 0.326. The lowest BCUT2D eigenvalue weighted by Gasteiger charge is -2.09. The number of ether oxygens (including phenoxy) is 1. The summed E-state index contributed by atoms with van der Waals surface area (Å²) in [6, 6.07) is 12.5. The van der Waals surface area contributed by atoms with Crippen molar-refractivity contribution in [1.82, 2.24) is 9.97 Å². The van der Waals surface area contributed by atoms with Crippen LogP contribution in [0.2, 0.25) is 0 Å². The second-order valence-corrected chi connectivity index (χ2v) is 6.16. The molecular weight excluding hydrogens is 330 g/mol.